The summed E-state index contributed by atoms with van der Waals surface area (Å²) in [7, 11) is 1.69. The number of benzene rings is 1. The molecule has 0 N–H and O–H groups in total. The van der Waals surface area contributed by atoms with Gasteiger partial charge in [0.05, 0.1) is 18.2 Å². The molecule has 5 heteroatoms. The van der Waals surface area contributed by atoms with Crippen LogP contribution in [0.15, 0.2) is 18.2 Å². The van der Waals surface area contributed by atoms with Gasteiger partial charge in [-0.25, -0.2) is 4.98 Å². The van der Waals surface area contributed by atoms with Crippen LogP contribution in [0.4, 0.5) is 0 Å². The Bertz CT molecular complexity index is 616. The first-order valence-electron chi connectivity index (χ1n) is 7.58. The summed E-state index contributed by atoms with van der Waals surface area (Å²) < 4.78 is 7.31. The molecule has 2 aromatic rings. The fraction of sp³-hybridized carbons (Fsp3) is 0.471. The van der Waals surface area contributed by atoms with Crippen molar-refractivity contribution in [3.05, 3.63) is 40.2 Å². The molecule has 1 aromatic heterocycles. The molecule has 0 saturated carbocycles. The average Bonchev–Trinajstić information content (AvgIpc) is 2.86. The first-order chi connectivity index (χ1) is 10.7. The van der Waals surface area contributed by atoms with Crippen LogP contribution in [0.5, 0.6) is 0 Å². The topological polar surface area (TPSA) is 27.1 Å². The van der Waals surface area contributed by atoms with Crippen molar-refractivity contribution in [1.82, 2.24) is 9.55 Å². The molecule has 0 fully saturated rings. The van der Waals surface area contributed by atoms with Crippen LogP contribution in [0.25, 0.3) is 11.4 Å². The second-order valence-corrected chi connectivity index (χ2v) is 5.73. The predicted molar refractivity (Wildman–Crippen MR) is 92.9 cm³/mol. The average molecular weight is 341 g/mol. The Balaban J connectivity index is 2.66. The number of rotatable bonds is 7. The molecular formula is C17H22Cl2N2O. The first-order valence-corrected chi connectivity index (χ1v) is 8.50. The molecule has 1 heterocycles. The lowest BCUT2D eigenvalue weighted by Gasteiger charge is -2.16. The van der Waals surface area contributed by atoms with Gasteiger partial charge in [0.2, 0.25) is 0 Å². The van der Waals surface area contributed by atoms with E-state index in [4.69, 9.17) is 27.9 Å². The fourth-order valence-electron chi connectivity index (χ4n) is 2.73. The second-order valence-electron chi connectivity index (χ2n) is 5.11. The lowest BCUT2D eigenvalue weighted by Crippen LogP contribution is -2.10. The van der Waals surface area contributed by atoms with E-state index in [0.717, 1.165) is 24.4 Å². The quantitative estimate of drug-likeness (QED) is 0.682. The van der Waals surface area contributed by atoms with Crippen LogP contribution in [0, 0.1) is 0 Å². The zero-order chi connectivity index (χ0) is 16.1. The van der Waals surface area contributed by atoms with Crippen LogP contribution in [-0.4, -0.2) is 23.3 Å². The van der Waals surface area contributed by atoms with Gasteiger partial charge in [0.1, 0.15) is 5.82 Å². The number of nitrogens with zero attached hydrogens (tertiary/aromatic N) is 2. The van der Waals surface area contributed by atoms with Crippen molar-refractivity contribution < 1.29 is 4.74 Å². The Kier molecular flexibility index (Phi) is 6.30. The summed E-state index contributed by atoms with van der Waals surface area (Å²) >= 11 is 12.4. The smallest absolute Gasteiger partial charge is 0.152 e. The number of hydrogen-bond acceptors (Lipinski definition) is 2. The Morgan fingerprint density at radius 3 is 2.32 bits per heavy atom. The molecule has 0 unspecified atom stereocenters. The normalized spacial score (nSPS) is 11.1. The molecule has 0 saturated heterocycles. The molecule has 0 aliphatic heterocycles. The van der Waals surface area contributed by atoms with E-state index in [0.29, 0.717) is 24.2 Å². The van der Waals surface area contributed by atoms with Crippen molar-refractivity contribution in [3.8, 4) is 11.4 Å². The van der Waals surface area contributed by atoms with Gasteiger partial charge < -0.3 is 9.30 Å². The minimum atomic E-state index is 0.339. The molecule has 0 aliphatic carbocycles. The lowest BCUT2D eigenvalue weighted by atomic mass is 9.97. The third kappa shape index (κ3) is 3.32. The largest absolute Gasteiger partial charge is 0.383 e. The molecule has 0 aliphatic rings. The minimum absolute atomic E-state index is 0.339. The Hall–Kier alpha value is -1.03. The van der Waals surface area contributed by atoms with Crippen molar-refractivity contribution in [3.63, 3.8) is 0 Å². The van der Waals surface area contributed by atoms with E-state index in [1.54, 1.807) is 7.11 Å². The maximum atomic E-state index is 6.31. The molecule has 22 heavy (non-hydrogen) atoms. The Morgan fingerprint density at radius 2 is 1.82 bits per heavy atom. The van der Waals surface area contributed by atoms with Crippen LogP contribution in [0.2, 0.25) is 5.15 Å². The number of aryl methyl sites for hydroxylation is 2. The van der Waals surface area contributed by atoms with Gasteiger partial charge in [-0.2, -0.15) is 0 Å². The Labute approximate surface area is 142 Å². The number of halogens is 2. The van der Waals surface area contributed by atoms with E-state index in [1.807, 2.05) is 0 Å². The van der Waals surface area contributed by atoms with Crippen LogP contribution < -0.4 is 0 Å². The van der Waals surface area contributed by atoms with E-state index < -0.39 is 0 Å². The zero-order valence-electron chi connectivity index (χ0n) is 13.3. The van der Waals surface area contributed by atoms with Gasteiger partial charge in [0, 0.05) is 19.2 Å². The van der Waals surface area contributed by atoms with Crippen molar-refractivity contribution in [2.75, 3.05) is 13.7 Å². The van der Waals surface area contributed by atoms with Gasteiger partial charge in [-0.05, 0) is 24.0 Å². The van der Waals surface area contributed by atoms with Crippen LogP contribution in [-0.2, 0) is 30.0 Å². The predicted octanol–water partition coefficient (Wildman–Crippen LogP) is 4.71. The van der Waals surface area contributed by atoms with Gasteiger partial charge in [0.15, 0.2) is 5.15 Å². The molecule has 0 spiro atoms. The molecule has 0 bridgehead atoms. The van der Waals surface area contributed by atoms with E-state index in [2.05, 4.69) is 41.6 Å². The van der Waals surface area contributed by atoms with E-state index in [9.17, 15) is 0 Å². The van der Waals surface area contributed by atoms with Gasteiger partial charge in [0.25, 0.3) is 0 Å². The van der Waals surface area contributed by atoms with E-state index >= 15 is 0 Å². The van der Waals surface area contributed by atoms with E-state index in [1.165, 1.54) is 16.7 Å². The third-order valence-corrected chi connectivity index (χ3v) is 4.45. The van der Waals surface area contributed by atoms with Gasteiger partial charge in [-0.3, -0.25) is 0 Å². The number of imidazole rings is 1. The van der Waals surface area contributed by atoms with E-state index in [-0.39, 0.29) is 0 Å². The third-order valence-electron chi connectivity index (χ3n) is 3.89. The standard InChI is InChI=1S/C17H22Cl2N2O/c1-4-12-7-6-8-13(5-2)15(12)17-20-16(19)14(11-18)21(17)9-10-22-3/h6-8H,4-5,9-11H2,1-3H3. The molecular weight excluding hydrogens is 319 g/mol. The molecule has 3 nitrogen and oxygen atoms in total. The van der Waals surface area contributed by atoms with Crippen molar-refractivity contribution in [2.45, 2.75) is 39.1 Å². The minimum Gasteiger partial charge on any atom is -0.383 e. The molecule has 1 aromatic carbocycles. The highest BCUT2D eigenvalue weighted by Gasteiger charge is 2.20. The fourth-order valence-corrected chi connectivity index (χ4v) is 3.32. The van der Waals surface area contributed by atoms with Gasteiger partial charge >= 0.3 is 0 Å². The summed E-state index contributed by atoms with van der Waals surface area (Å²) in [5.41, 5.74) is 4.59. The summed E-state index contributed by atoms with van der Waals surface area (Å²) in [6.45, 7) is 5.60. The monoisotopic (exact) mass is 340 g/mol. The maximum absolute atomic E-state index is 6.31. The van der Waals surface area contributed by atoms with Crippen LogP contribution >= 0.6 is 23.2 Å². The molecule has 0 atom stereocenters. The van der Waals surface area contributed by atoms with Crippen molar-refractivity contribution >= 4 is 23.2 Å². The zero-order valence-corrected chi connectivity index (χ0v) is 14.8. The summed E-state index contributed by atoms with van der Waals surface area (Å²) in [5, 5.41) is 0.481. The number of ether oxygens (including phenoxy) is 1. The summed E-state index contributed by atoms with van der Waals surface area (Å²) in [5.74, 6) is 1.23. The second kappa shape index (κ2) is 8.00. The van der Waals surface area contributed by atoms with Gasteiger partial charge in [-0.1, -0.05) is 43.6 Å². The Morgan fingerprint density at radius 1 is 1.18 bits per heavy atom. The lowest BCUT2D eigenvalue weighted by molar-refractivity contribution is 0.187. The number of hydrogen-bond donors (Lipinski definition) is 0. The van der Waals surface area contributed by atoms with Gasteiger partial charge in [-0.15, -0.1) is 11.6 Å². The summed E-state index contributed by atoms with van der Waals surface area (Å²) in [6, 6.07) is 6.41. The summed E-state index contributed by atoms with van der Waals surface area (Å²) in [6.07, 6.45) is 1.91. The number of aromatic nitrogens is 2. The SMILES string of the molecule is CCc1cccc(CC)c1-c1nc(Cl)c(CCl)n1CCOC. The van der Waals surface area contributed by atoms with Crippen molar-refractivity contribution in [2.24, 2.45) is 0 Å². The van der Waals surface area contributed by atoms with Crippen molar-refractivity contribution in [1.29, 1.82) is 0 Å². The van der Waals surface area contributed by atoms with Crippen LogP contribution in [0.3, 0.4) is 0 Å². The number of methoxy groups -OCH3 is 1. The highest BCUT2D eigenvalue weighted by Crippen LogP contribution is 2.32. The molecule has 120 valence electrons. The molecule has 0 amide bonds. The number of alkyl halides is 1. The summed E-state index contributed by atoms with van der Waals surface area (Å²) in [4.78, 5) is 4.61. The first kappa shape index (κ1) is 17.3. The molecule has 2 rings (SSSR count). The molecule has 0 radical (unpaired) electrons. The highest BCUT2D eigenvalue weighted by molar-refractivity contribution is 6.31. The van der Waals surface area contributed by atoms with Crippen LogP contribution in [0.1, 0.15) is 30.7 Å². The highest BCUT2D eigenvalue weighted by atomic mass is 35.5. The maximum Gasteiger partial charge on any atom is 0.152 e.